The summed E-state index contributed by atoms with van der Waals surface area (Å²) < 4.78 is 5.38. The number of rotatable bonds is 0. The molecule has 0 radical (unpaired) electrons. The van der Waals surface area contributed by atoms with E-state index in [0.29, 0.717) is 13.2 Å². The Hall–Kier alpha value is -1.81. The molecule has 0 spiro atoms. The van der Waals surface area contributed by atoms with Gasteiger partial charge in [-0.2, -0.15) is 0 Å². The predicted octanol–water partition coefficient (Wildman–Crippen LogP) is 1.60. The van der Waals surface area contributed by atoms with Gasteiger partial charge in [-0.05, 0) is 12.1 Å². The first kappa shape index (κ1) is 9.42. The second kappa shape index (κ2) is 3.35. The summed E-state index contributed by atoms with van der Waals surface area (Å²) in [4.78, 5) is 4.52. The highest BCUT2D eigenvalue weighted by molar-refractivity contribution is 5.93. The van der Waals surface area contributed by atoms with E-state index in [1.165, 1.54) is 0 Å². The summed E-state index contributed by atoms with van der Waals surface area (Å²) in [5, 5.41) is 10.3. The van der Waals surface area contributed by atoms with Crippen LogP contribution in [0.1, 0.15) is 11.3 Å². The number of nitrogens with two attached hydrogens (primary N) is 1. The molecule has 0 bridgehead atoms. The number of ether oxygens (including phenoxy) is 1. The summed E-state index contributed by atoms with van der Waals surface area (Å²) in [6, 6.07) is 5.06. The molecule has 1 aliphatic rings. The maximum atomic E-state index is 9.42. The number of benzene rings is 1. The summed E-state index contributed by atoms with van der Waals surface area (Å²) in [6.07, 6.45) is 0.783. The molecule has 1 aliphatic heterocycles. The molecule has 0 amide bonds. The minimum Gasteiger partial charge on any atom is -0.508 e. The normalized spacial score (nSPS) is 15.0. The SMILES string of the molecule is Nc1c2c(nc3cc(O)ccc13)CCOC2. The van der Waals surface area contributed by atoms with E-state index in [1.54, 1.807) is 18.2 Å². The Bertz CT molecular complexity index is 566. The van der Waals surface area contributed by atoms with E-state index in [4.69, 9.17) is 10.5 Å². The van der Waals surface area contributed by atoms with E-state index < -0.39 is 0 Å². The maximum Gasteiger partial charge on any atom is 0.117 e. The van der Waals surface area contributed by atoms with Crippen molar-refractivity contribution < 1.29 is 9.84 Å². The second-order valence-corrected chi connectivity index (χ2v) is 3.95. The van der Waals surface area contributed by atoms with Crippen LogP contribution in [0.3, 0.4) is 0 Å². The quantitative estimate of drug-likeness (QED) is 0.701. The standard InChI is InChI=1S/C12H12N2O2/c13-12-8-2-1-7(15)5-11(8)14-10-3-4-16-6-9(10)12/h1-2,5,15H,3-4,6H2,(H2,13,14). The van der Waals surface area contributed by atoms with Crippen molar-refractivity contribution in [2.24, 2.45) is 0 Å². The van der Waals surface area contributed by atoms with E-state index in [-0.39, 0.29) is 5.75 Å². The molecule has 2 heterocycles. The van der Waals surface area contributed by atoms with Gasteiger partial charge in [0.1, 0.15) is 5.75 Å². The van der Waals surface area contributed by atoms with Gasteiger partial charge in [-0.25, -0.2) is 0 Å². The number of anilines is 1. The summed E-state index contributed by atoms with van der Waals surface area (Å²) in [6.45, 7) is 1.22. The average Bonchev–Trinajstić information content (AvgIpc) is 2.29. The van der Waals surface area contributed by atoms with Crippen molar-refractivity contribution in [3.8, 4) is 5.75 Å². The van der Waals surface area contributed by atoms with Crippen LogP contribution >= 0.6 is 0 Å². The van der Waals surface area contributed by atoms with Crippen molar-refractivity contribution in [1.82, 2.24) is 4.98 Å². The third-order valence-corrected chi connectivity index (χ3v) is 2.93. The highest BCUT2D eigenvalue weighted by Gasteiger charge is 2.16. The Labute approximate surface area is 92.7 Å². The van der Waals surface area contributed by atoms with E-state index in [9.17, 15) is 5.11 Å². The molecule has 16 heavy (non-hydrogen) atoms. The van der Waals surface area contributed by atoms with Gasteiger partial charge in [-0.1, -0.05) is 0 Å². The molecular formula is C12H12N2O2. The van der Waals surface area contributed by atoms with E-state index in [0.717, 1.165) is 34.3 Å². The lowest BCUT2D eigenvalue weighted by atomic mass is 10.0. The van der Waals surface area contributed by atoms with Gasteiger partial charge >= 0.3 is 0 Å². The molecule has 2 aromatic rings. The molecule has 0 atom stereocenters. The van der Waals surface area contributed by atoms with Crippen LogP contribution in [0, 0.1) is 0 Å². The van der Waals surface area contributed by atoms with E-state index in [2.05, 4.69) is 4.98 Å². The second-order valence-electron chi connectivity index (χ2n) is 3.95. The summed E-state index contributed by atoms with van der Waals surface area (Å²) in [5.41, 5.74) is 9.54. The Morgan fingerprint density at radius 2 is 2.25 bits per heavy atom. The number of fused-ring (bicyclic) bond motifs is 2. The Morgan fingerprint density at radius 1 is 1.38 bits per heavy atom. The van der Waals surface area contributed by atoms with Crippen LogP contribution in [0.2, 0.25) is 0 Å². The van der Waals surface area contributed by atoms with Crippen molar-refractivity contribution in [3.05, 3.63) is 29.5 Å². The molecule has 0 unspecified atom stereocenters. The number of hydrogen-bond donors (Lipinski definition) is 2. The van der Waals surface area contributed by atoms with Crippen LogP contribution in [-0.4, -0.2) is 16.7 Å². The Morgan fingerprint density at radius 3 is 3.12 bits per heavy atom. The number of aromatic hydroxyl groups is 1. The fourth-order valence-corrected chi connectivity index (χ4v) is 2.08. The molecular weight excluding hydrogens is 204 g/mol. The first-order chi connectivity index (χ1) is 7.75. The predicted molar refractivity (Wildman–Crippen MR) is 61.2 cm³/mol. The largest absolute Gasteiger partial charge is 0.508 e. The number of nitrogen functional groups attached to an aromatic ring is 1. The molecule has 3 N–H and O–H groups in total. The maximum absolute atomic E-state index is 9.42. The number of pyridine rings is 1. The molecule has 4 nitrogen and oxygen atoms in total. The van der Waals surface area contributed by atoms with Crippen LogP contribution in [0.25, 0.3) is 10.9 Å². The fraction of sp³-hybridized carbons (Fsp3) is 0.250. The van der Waals surface area contributed by atoms with Gasteiger partial charge < -0.3 is 15.6 Å². The van der Waals surface area contributed by atoms with Gasteiger partial charge in [0.05, 0.1) is 24.4 Å². The number of phenolic OH excluding ortho intramolecular Hbond substituents is 1. The van der Waals surface area contributed by atoms with Gasteiger partial charge in [-0.15, -0.1) is 0 Å². The zero-order valence-corrected chi connectivity index (χ0v) is 8.73. The smallest absolute Gasteiger partial charge is 0.117 e. The number of phenols is 1. The highest BCUT2D eigenvalue weighted by Crippen LogP contribution is 2.30. The van der Waals surface area contributed by atoms with Crippen molar-refractivity contribution in [1.29, 1.82) is 0 Å². The van der Waals surface area contributed by atoms with Crippen LogP contribution in [0.15, 0.2) is 18.2 Å². The molecule has 4 heteroatoms. The Balaban J connectivity index is 2.34. The third-order valence-electron chi connectivity index (χ3n) is 2.93. The zero-order valence-electron chi connectivity index (χ0n) is 8.73. The van der Waals surface area contributed by atoms with Gasteiger partial charge in [-0.3, -0.25) is 4.98 Å². The first-order valence-corrected chi connectivity index (χ1v) is 5.23. The summed E-state index contributed by atoms with van der Waals surface area (Å²) >= 11 is 0. The zero-order chi connectivity index (χ0) is 11.1. The minimum absolute atomic E-state index is 0.214. The fourth-order valence-electron chi connectivity index (χ4n) is 2.08. The molecule has 1 aromatic heterocycles. The lowest BCUT2D eigenvalue weighted by molar-refractivity contribution is 0.110. The van der Waals surface area contributed by atoms with Crippen molar-refractivity contribution in [2.45, 2.75) is 13.0 Å². The molecule has 3 rings (SSSR count). The topological polar surface area (TPSA) is 68.4 Å². The first-order valence-electron chi connectivity index (χ1n) is 5.23. The Kier molecular flexibility index (Phi) is 1.97. The summed E-state index contributed by atoms with van der Waals surface area (Å²) in [5.74, 6) is 0.214. The summed E-state index contributed by atoms with van der Waals surface area (Å²) in [7, 11) is 0. The van der Waals surface area contributed by atoms with Crippen molar-refractivity contribution in [3.63, 3.8) is 0 Å². The van der Waals surface area contributed by atoms with Crippen molar-refractivity contribution >= 4 is 16.6 Å². The van der Waals surface area contributed by atoms with Gasteiger partial charge in [0, 0.05) is 29.1 Å². The third kappa shape index (κ3) is 1.31. The minimum atomic E-state index is 0.214. The molecule has 0 saturated heterocycles. The monoisotopic (exact) mass is 216 g/mol. The van der Waals surface area contributed by atoms with Crippen LogP contribution in [-0.2, 0) is 17.8 Å². The van der Waals surface area contributed by atoms with Gasteiger partial charge in [0.2, 0.25) is 0 Å². The van der Waals surface area contributed by atoms with Crippen LogP contribution in [0.5, 0.6) is 5.75 Å². The lowest BCUT2D eigenvalue weighted by Crippen LogP contribution is -2.14. The average molecular weight is 216 g/mol. The molecule has 82 valence electrons. The molecule has 1 aromatic carbocycles. The molecule has 0 aliphatic carbocycles. The number of nitrogens with zero attached hydrogens (tertiary/aromatic N) is 1. The number of hydrogen-bond acceptors (Lipinski definition) is 4. The van der Waals surface area contributed by atoms with Gasteiger partial charge in [0.25, 0.3) is 0 Å². The van der Waals surface area contributed by atoms with E-state index in [1.807, 2.05) is 0 Å². The number of aromatic nitrogens is 1. The molecule has 0 fully saturated rings. The lowest BCUT2D eigenvalue weighted by Gasteiger charge is -2.18. The van der Waals surface area contributed by atoms with Gasteiger partial charge in [0.15, 0.2) is 0 Å². The van der Waals surface area contributed by atoms with Crippen molar-refractivity contribution in [2.75, 3.05) is 12.3 Å². The van der Waals surface area contributed by atoms with E-state index >= 15 is 0 Å². The van der Waals surface area contributed by atoms with Crippen LogP contribution < -0.4 is 5.73 Å². The highest BCUT2D eigenvalue weighted by atomic mass is 16.5. The molecule has 0 saturated carbocycles. The van der Waals surface area contributed by atoms with Crippen LogP contribution in [0.4, 0.5) is 5.69 Å².